The van der Waals surface area contributed by atoms with Gasteiger partial charge in [0.05, 0.1) is 4.92 Å². The predicted octanol–water partition coefficient (Wildman–Crippen LogP) is 3.93. The van der Waals surface area contributed by atoms with E-state index in [1.807, 2.05) is 0 Å². The molecule has 0 spiro atoms. The maximum absolute atomic E-state index is 11.8. The molecule has 0 fully saturated rings. The van der Waals surface area contributed by atoms with Gasteiger partial charge in [0.15, 0.2) is 6.61 Å². The Hall–Kier alpha value is -2.60. The van der Waals surface area contributed by atoms with E-state index in [1.165, 1.54) is 24.3 Å². The number of carbonyl (C=O) groups excluding carboxylic acids is 1. The lowest BCUT2D eigenvalue weighted by atomic mass is 10.1. The number of non-ortho nitro benzene ring substituents is 1. The summed E-state index contributed by atoms with van der Waals surface area (Å²) < 4.78 is 10.5. The number of benzene rings is 2. The fraction of sp³-hybridized carbons (Fsp3) is 0.188. The highest BCUT2D eigenvalue weighted by atomic mass is 35.5. The first-order valence-electron chi connectivity index (χ1n) is 6.78. The normalized spacial score (nSPS) is 11.6. The van der Waals surface area contributed by atoms with Gasteiger partial charge in [-0.1, -0.05) is 29.8 Å². The van der Waals surface area contributed by atoms with Crippen molar-refractivity contribution < 1.29 is 19.2 Å². The lowest BCUT2D eigenvalue weighted by molar-refractivity contribution is -0.384. The predicted molar refractivity (Wildman–Crippen MR) is 84.6 cm³/mol. The highest BCUT2D eigenvalue weighted by molar-refractivity contribution is 6.31. The minimum absolute atomic E-state index is 0.0488. The van der Waals surface area contributed by atoms with Crippen LogP contribution in [0, 0.1) is 10.1 Å². The van der Waals surface area contributed by atoms with Crippen molar-refractivity contribution in [1.82, 2.24) is 0 Å². The Bertz CT molecular complexity index is 702. The van der Waals surface area contributed by atoms with Gasteiger partial charge in [-0.3, -0.25) is 10.1 Å². The van der Waals surface area contributed by atoms with Crippen molar-refractivity contribution in [2.75, 3.05) is 6.61 Å². The summed E-state index contributed by atoms with van der Waals surface area (Å²) >= 11 is 6.04. The Kier molecular flexibility index (Phi) is 5.54. The van der Waals surface area contributed by atoms with Crippen molar-refractivity contribution in [3.8, 4) is 5.75 Å². The molecule has 0 saturated carbocycles. The number of carbonyl (C=O) groups is 1. The molecule has 120 valence electrons. The third-order valence-corrected chi connectivity index (χ3v) is 3.40. The fourth-order valence-electron chi connectivity index (χ4n) is 1.91. The molecular weight excluding hydrogens is 322 g/mol. The van der Waals surface area contributed by atoms with E-state index in [1.54, 1.807) is 31.2 Å². The molecule has 1 atom stereocenters. The van der Waals surface area contributed by atoms with Gasteiger partial charge in [-0.2, -0.15) is 0 Å². The number of nitro groups is 1. The number of esters is 1. The second-order valence-corrected chi connectivity index (χ2v) is 5.10. The lowest BCUT2D eigenvalue weighted by Crippen LogP contribution is -2.17. The van der Waals surface area contributed by atoms with Crippen molar-refractivity contribution in [2.24, 2.45) is 0 Å². The minimum Gasteiger partial charge on any atom is -0.482 e. The van der Waals surface area contributed by atoms with E-state index in [0.717, 1.165) is 0 Å². The van der Waals surface area contributed by atoms with Gasteiger partial charge in [-0.05, 0) is 25.1 Å². The van der Waals surface area contributed by atoms with Gasteiger partial charge in [0.1, 0.15) is 11.9 Å². The quantitative estimate of drug-likeness (QED) is 0.454. The first-order chi connectivity index (χ1) is 11.0. The minimum atomic E-state index is -0.559. The van der Waals surface area contributed by atoms with Crippen LogP contribution in [0.3, 0.4) is 0 Å². The summed E-state index contributed by atoms with van der Waals surface area (Å²) in [7, 11) is 0. The third-order valence-electron chi connectivity index (χ3n) is 3.06. The van der Waals surface area contributed by atoms with E-state index in [-0.39, 0.29) is 12.3 Å². The zero-order valence-corrected chi connectivity index (χ0v) is 13.0. The summed E-state index contributed by atoms with van der Waals surface area (Å²) in [6.45, 7) is 1.41. The Morgan fingerprint density at radius 2 is 1.87 bits per heavy atom. The first-order valence-corrected chi connectivity index (χ1v) is 7.16. The van der Waals surface area contributed by atoms with Crippen LogP contribution in [0.5, 0.6) is 5.75 Å². The maximum Gasteiger partial charge on any atom is 0.344 e. The maximum atomic E-state index is 11.8. The highest BCUT2D eigenvalue weighted by Crippen LogP contribution is 2.25. The summed E-state index contributed by atoms with van der Waals surface area (Å²) in [4.78, 5) is 21.8. The van der Waals surface area contributed by atoms with Crippen LogP contribution in [-0.2, 0) is 9.53 Å². The van der Waals surface area contributed by atoms with Crippen molar-refractivity contribution in [1.29, 1.82) is 0 Å². The SMILES string of the molecule is C[C@@H](OC(=O)COc1ccc([N+](=O)[O-])cc1)c1ccccc1Cl. The molecule has 0 aromatic heterocycles. The molecule has 0 heterocycles. The molecule has 23 heavy (non-hydrogen) atoms. The molecule has 0 saturated heterocycles. The molecule has 2 aromatic rings. The molecule has 0 unspecified atom stereocenters. The molecule has 0 amide bonds. The molecule has 0 N–H and O–H groups in total. The molecule has 0 aliphatic rings. The van der Waals surface area contributed by atoms with Crippen LogP contribution >= 0.6 is 11.6 Å². The fourth-order valence-corrected chi connectivity index (χ4v) is 2.20. The number of nitrogens with zero attached hydrogens (tertiary/aromatic N) is 1. The van der Waals surface area contributed by atoms with Gasteiger partial charge in [0.25, 0.3) is 5.69 Å². The van der Waals surface area contributed by atoms with Crippen molar-refractivity contribution in [2.45, 2.75) is 13.0 Å². The summed E-state index contributed by atoms with van der Waals surface area (Å²) in [5.74, 6) is -0.214. The highest BCUT2D eigenvalue weighted by Gasteiger charge is 2.15. The standard InChI is InChI=1S/C16H14ClNO5/c1-11(14-4-2-3-5-15(14)17)23-16(19)10-22-13-8-6-12(7-9-13)18(20)21/h2-9,11H,10H2,1H3/t11-/m1/s1. The lowest BCUT2D eigenvalue weighted by Gasteiger charge is -2.15. The Morgan fingerprint density at radius 3 is 2.48 bits per heavy atom. The number of ether oxygens (including phenoxy) is 2. The second kappa shape index (κ2) is 7.60. The van der Waals surface area contributed by atoms with Gasteiger partial charge in [-0.25, -0.2) is 4.79 Å². The van der Waals surface area contributed by atoms with Gasteiger partial charge < -0.3 is 9.47 Å². The molecule has 0 radical (unpaired) electrons. The number of halogens is 1. The molecule has 2 aromatic carbocycles. The van der Waals surface area contributed by atoms with E-state index >= 15 is 0 Å². The molecular formula is C16H14ClNO5. The topological polar surface area (TPSA) is 78.7 Å². The van der Waals surface area contributed by atoms with Gasteiger partial charge in [0, 0.05) is 22.7 Å². The third kappa shape index (κ3) is 4.69. The van der Waals surface area contributed by atoms with Crippen LogP contribution in [0.15, 0.2) is 48.5 Å². The second-order valence-electron chi connectivity index (χ2n) is 4.69. The van der Waals surface area contributed by atoms with Gasteiger partial charge in [0.2, 0.25) is 0 Å². The first kappa shape index (κ1) is 16.8. The Balaban J connectivity index is 1.87. The van der Waals surface area contributed by atoms with E-state index in [0.29, 0.717) is 16.3 Å². The number of hydrogen-bond donors (Lipinski definition) is 0. The van der Waals surface area contributed by atoms with Crippen molar-refractivity contribution >= 4 is 23.3 Å². The molecule has 6 nitrogen and oxygen atoms in total. The van der Waals surface area contributed by atoms with E-state index in [9.17, 15) is 14.9 Å². The Morgan fingerprint density at radius 1 is 1.22 bits per heavy atom. The molecule has 7 heteroatoms. The van der Waals surface area contributed by atoms with Crippen LogP contribution in [-0.4, -0.2) is 17.5 Å². The monoisotopic (exact) mass is 335 g/mol. The summed E-state index contributed by atoms with van der Waals surface area (Å²) in [6, 6.07) is 12.5. The van der Waals surface area contributed by atoms with Crippen LogP contribution in [0.2, 0.25) is 5.02 Å². The molecule has 0 aliphatic heterocycles. The van der Waals surface area contributed by atoms with Gasteiger partial charge >= 0.3 is 5.97 Å². The number of rotatable bonds is 6. The average molecular weight is 336 g/mol. The summed E-state index contributed by atoms with van der Waals surface area (Å²) in [6.07, 6.45) is -0.503. The summed E-state index contributed by atoms with van der Waals surface area (Å²) in [5, 5.41) is 11.1. The number of hydrogen-bond acceptors (Lipinski definition) is 5. The van der Waals surface area contributed by atoms with E-state index < -0.39 is 17.0 Å². The zero-order valence-electron chi connectivity index (χ0n) is 12.3. The smallest absolute Gasteiger partial charge is 0.344 e. The molecule has 0 aliphatic carbocycles. The molecule has 0 bridgehead atoms. The summed E-state index contributed by atoms with van der Waals surface area (Å²) in [5.41, 5.74) is 0.658. The average Bonchev–Trinajstić information content (AvgIpc) is 2.53. The number of nitro benzene ring substituents is 1. The zero-order chi connectivity index (χ0) is 16.8. The van der Waals surface area contributed by atoms with Crippen LogP contribution in [0.4, 0.5) is 5.69 Å². The largest absolute Gasteiger partial charge is 0.482 e. The van der Waals surface area contributed by atoms with Crippen LogP contribution < -0.4 is 4.74 Å². The van der Waals surface area contributed by atoms with Gasteiger partial charge in [-0.15, -0.1) is 0 Å². The van der Waals surface area contributed by atoms with Crippen molar-refractivity contribution in [3.63, 3.8) is 0 Å². The van der Waals surface area contributed by atoms with Crippen LogP contribution in [0.25, 0.3) is 0 Å². The molecule has 2 rings (SSSR count). The van der Waals surface area contributed by atoms with Crippen molar-refractivity contribution in [3.05, 3.63) is 69.2 Å². The Labute approximate surface area is 137 Å². The van der Waals surface area contributed by atoms with E-state index in [2.05, 4.69) is 0 Å². The van der Waals surface area contributed by atoms with Crippen LogP contribution in [0.1, 0.15) is 18.6 Å². The van der Waals surface area contributed by atoms with E-state index in [4.69, 9.17) is 21.1 Å².